The van der Waals surface area contributed by atoms with Crippen molar-refractivity contribution in [3.63, 3.8) is 0 Å². The second-order valence-corrected chi connectivity index (χ2v) is 5.55. The molecule has 0 saturated heterocycles. The molecule has 0 aliphatic heterocycles. The Morgan fingerprint density at radius 1 is 1.26 bits per heavy atom. The summed E-state index contributed by atoms with van der Waals surface area (Å²) in [6.45, 7) is 0. The van der Waals surface area contributed by atoms with Crippen molar-refractivity contribution in [2.24, 2.45) is 0 Å². The van der Waals surface area contributed by atoms with E-state index in [9.17, 15) is 0 Å². The number of methoxy groups -OCH3 is 1. The van der Waals surface area contributed by atoms with Gasteiger partial charge < -0.3 is 10.1 Å². The lowest BCUT2D eigenvalue weighted by Crippen LogP contribution is -2.15. The molecule has 1 atom stereocenters. The first-order chi connectivity index (χ1) is 9.33. The number of hydrogen-bond acceptors (Lipinski definition) is 3. The van der Waals surface area contributed by atoms with Gasteiger partial charge in [-0.1, -0.05) is 30.3 Å². The van der Waals surface area contributed by atoms with Gasteiger partial charge in [-0.2, -0.15) is 0 Å². The van der Waals surface area contributed by atoms with E-state index in [1.165, 1.54) is 16.9 Å². The number of rotatable bonds is 7. The first-order valence-corrected chi connectivity index (χ1v) is 7.55. The lowest BCUT2D eigenvalue weighted by molar-refractivity contribution is 0.415. The number of benzene rings is 1. The molecule has 0 fully saturated rings. The molecule has 102 valence electrons. The van der Waals surface area contributed by atoms with Crippen molar-refractivity contribution in [1.29, 1.82) is 0 Å². The normalized spacial score (nSPS) is 12.3. The minimum absolute atomic E-state index is 0.428. The van der Waals surface area contributed by atoms with Crippen LogP contribution in [0.1, 0.15) is 29.3 Å². The summed E-state index contributed by atoms with van der Waals surface area (Å²) in [7, 11) is 3.75. The van der Waals surface area contributed by atoms with E-state index in [0.29, 0.717) is 6.04 Å². The third-order valence-electron chi connectivity index (χ3n) is 3.32. The molecule has 1 unspecified atom stereocenters. The lowest BCUT2D eigenvalue weighted by Gasteiger charge is -2.14. The van der Waals surface area contributed by atoms with Gasteiger partial charge >= 0.3 is 0 Å². The van der Waals surface area contributed by atoms with Crippen LogP contribution in [-0.2, 0) is 6.42 Å². The van der Waals surface area contributed by atoms with Crippen LogP contribution in [0.4, 0.5) is 0 Å². The smallest absolute Gasteiger partial charge is 0.129 e. The standard InChI is InChI=1S/C16H21NOS/c1-17-15(16-11-14(18-2)12-19-16)10-6-9-13-7-4-3-5-8-13/h3-5,7-8,11-12,15,17H,6,9-10H2,1-2H3. The fraction of sp³-hybridized carbons (Fsp3) is 0.375. The highest BCUT2D eigenvalue weighted by Gasteiger charge is 2.11. The van der Waals surface area contributed by atoms with Gasteiger partial charge in [0.05, 0.1) is 7.11 Å². The summed E-state index contributed by atoms with van der Waals surface area (Å²) in [6, 6.07) is 13.2. The summed E-state index contributed by atoms with van der Waals surface area (Å²) in [6.07, 6.45) is 3.48. The molecule has 2 nitrogen and oxygen atoms in total. The number of nitrogens with one attached hydrogen (secondary N) is 1. The van der Waals surface area contributed by atoms with Crippen molar-refractivity contribution in [1.82, 2.24) is 5.32 Å². The maximum absolute atomic E-state index is 5.25. The first kappa shape index (κ1) is 14.1. The molecule has 0 amide bonds. The van der Waals surface area contributed by atoms with E-state index in [2.05, 4.69) is 47.1 Å². The van der Waals surface area contributed by atoms with E-state index < -0.39 is 0 Å². The average molecular weight is 275 g/mol. The van der Waals surface area contributed by atoms with Crippen LogP contribution in [0.25, 0.3) is 0 Å². The Bertz CT molecular complexity index is 481. The third kappa shape index (κ3) is 4.08. The Morgan fingerprint density at radius 2 is 2.05 bits per heavy atom. The highest BCUT2D eigenvalue weighted by atomic mass is 32.1. The van der Waals surface area contributed by atoms with Gasteiger partial charge in [-0.25, -0.2) is 0 Å². The van der Waals surface area contributed by atoms with Crippen LogP contribution in [0.2, 0.25) is 0 Å². The molecule has 1 N–H and O–H groups in total. The molecule has 19 heavy (non-hydrogen) atoms. The first-order valence-electron chi connectivity index (χ1n) is 6.67. The minimum Gasteiger partial charge on any atom is -0.496 e. The SMILES string of the molecule is CNC(CCCc1ccccc1)c1cc(OC)cs1. The summed E-state index contributed by atoms with van der Waals surface area (Å²) in [5.74, 6) is 0.961. The minimum atomic E-state index is 0.428. The molecular weight excluding hydrogens is 254 g/mol. The largest absolute Gasteiger partial charge is 0.496 e. The maximum Gasteiger partial charge on any atom is 0.129 e. The van der Waals surface area contributed by atoms with Gasteiger partial charge in [-0.05, 0) is 37.9 Å². The van der Waals surface area contributed by atoms with Gasteiger partial charge in [0.2, 0.25) is 0 Å². The molecule has 0 spiro atoms. The topological polar surface area (TPSA) is 21.3 Å². The molecule has 1 aromatic carbocycles. The molecular formula is C16H21NOS. The van der Waals surface area contributed by atoms with E-state index in [0.717, 1.165) is 18.6 Å². The molecule has 1 aromatic heterocycles. The Hall–Kier alpha value is -1.32. The van der Waals surface area contributed by atoms with E-state index in [-0.39, 0.29) is 0 Å². The van der Waals surface area contributed by atoms with Crippen molar-refractivity contribution in [2.45, 2.75) is 25.3 Å². The number of hydrogen-bond donors (Lipinski definition) is 1. The van der Waals surface area contributed by atoms with Crippen molar-refractivity contribution >= 4 is 11.3 Å². The summed E-state index contributed by atoms with van der Waals surface area (Å²) >= 11 is 1.77. The highest BCUT2D eigenvalue weighted by Crippen LogP contribution is 2.29. The third-order valence-corrected chi connectivity index (χ3v) is 4.35. The summed E-state index contributed by atoms with van der Waals surface area (Å²) in [4.78, 5) is 1.35. The predicted molar refractivity (Wildman–Crippen MR) is 82.1 cm³/mol. The molecule has 3 heteroatoms. The zero-order valence-corrected chi connectivity index (χ0v) is 12.4. The summed E-state index contributed by atoms with van der Waals surface area (Å²) in [5, 5.41) is 5.46. The maximum atomic E-state index is 5.25. The summed E-state index contributed by atoms with van der Waals surface area (Å²) in [5.41, 5.74) is 1.42. The molecule has 0 aliphatic rings. The molecule has 2 aromatic rings. The fourth-order valence-electron chi connectivity index (χ4n) is 2.21. The number of thiophene rings is 1. The van der Waals surface area contributed by atoms with Crippen LogP contribution in [0.5, 0.6) is 5.75 Å². The second-order valence-electron chi connectivity index (χ2n) is 4.61. The number of aryl methyl sites for hydroxylation is 1. The van der Waals surface area contributed by atoms with E-state index in [1.807, 2.05) is 7.05 Å². The van der Waals surface area contributed by atoms with Crippen LogP contribution >= 0.6 is 11.3 Å². The monoisotopic (exact) mass is 275 g/mol. The zero-order chi connectivity index (χ0) is 13.5. The van der Waals surface area contributed by atoms with Crippen LogP contribution in [0.15, 0.2) is 41.8 Å². The lowest BCUT2D eigenvalue weighted by atomic mass is 10.0. The molecule has 0 aliphatic carbocycles. The van der Waals surface area contributed by atoms with Crippen molar-refractivity contribution in [3.8, 4) is 5.75 Å². The fourth-order valence-corrected chi connectivity index (χ4v) is 3.21. The van der Waals surface area contributed by atoms with Gasteiger partial charge in [-0.3, -0.25) is 0 Å². The Kier molecular flexibility index (Phi) is 5.43. The van der Waals surface area contributed by atoms with Crippen LogP contribution < -0.4 is 10.1 Å². The summed E-state index contributed by atoms with van der Waals surface area (Å²) < 4.78 is 5.25. The zero-order valence-electron chi connectivity index (χ0n) is 11.6. The van der Waals surface area contributed by atoms with Crippen molar-refractivity contribution in [2.75, 3.05) is 14.2 Å². The molecule has 0 radical (unpaired) electrons. The number of ether oxygens (including phenoxy) is 1. The predicted octanol–water partition coefficient (Wildman–Crippen LogP) is 4.04. The van der Waals surface area contributed by atoms with Gasteiger partial charge in [0.25, 0.3) is 0 Å². The van der Waals surface area contributed by atoms with Crippen LogP contribution in [0, 0.1) is 0 Å². The average Bonchev–Trinajstić information content (AvgIpc) is 2.93. The van der Waals surface area contributed by atoms with E-state index in [1.54, 1.807) is 18.4 Å². The van der Waals surface area contributed by atoms with Gasteiger partial charge in [-0.15, -0.1) is 11.3 Å². The molecule has 2 rings (SSSR count). The Morgan fingerprint density at radius 3 is 2.68 bits per heavy atom. The molecule has 0 bridgehead atoms. The molecule has 1 heterocycles. The van der Waals surface area contributed by atoms with E-state index in [4.69, 9.17) is 4.74 Å². The van der Waals surface area contributed by atoms with E-state index >= 15 is 0 Å². The van der Waals surface area contributed by atoms with Gasteiger partial charge in [0.1, 0.15) is 5.75 Å². The second kappa shape index (κ2) is 7.31. The quantitative estimate of drug-likeness (QED) is 0.823. The van der Waals surface area contributed by atoms with Gasteiger partial charge in [0, 0.05) is 16.3 Å². The van der Waals surface area contributed by atoms with Gasteiger partial charge in [0.15, 0.2) is 0 Å². The van der Waals surface area contributed by atoms with Crippen molar-refractivity contribution < 1.29 is 4.74 Å². The Labute approximate surface area is 119 Å². The van der Waals surface area contributed by atoms with Crippen molar-refractivity contribution in [3.05, 3.63) is 52.2 Å². The highest BCUT2D eigenvalue weighted by molar-refractivity contribution is 7.10. The molecule has 0 saturated carbocycles. The van der Waals surface area contributed by atoms with Crippen LogP contribution in [-0.4, -0.2) is 14.2 Å². The Balaban J connectivity index is 1.86. The van der Waals surface area contributed by atoms with Crippen LogP contribution in [0.3, 0.4) is 0 Å².